The number of methoxy groups -OCH3 is 1. The van der Waals surface area contributed by atoms with Gasteiger partial charge in [-0.2, -0.15) is 0 Å². The fourth-order valence-corrected chi connectivity index (χ4v) is 4.35. The lowest BCUT2D eigenvalue weighted by atomic mass is 10.1. The van der Waals surface area contributed by atoms with E-state index in [1.165, 1.54) is 12.3 Å². The first-order valence-electron chi connectivity index (χ1n) is 11.8. The second-order valence-electron chi connectivity index (χ2n) is 9.04. The number of carbonyl (C=O) groups excluding carboxylic acids is 1. The Labute approximate surface area is 205 Å². The normalized spacial score (nSPS) is 14.1. The molecule has 7 nitrogen and oxygen atoms in total. The zero-order valence-corrected chi connectivity index (χ0v) is 20.6. The number of benzene rings is 2. The van der Waals surface area contributed by atoms with Gasteiger partial charge in [0.2, 0.25) is 17.1 Å². The number of aryl methyl sites for hydroxylation is 2. The molecule has 1 aliphatic heterocycles. The lowest BCUT2D eigenvalue weighted by Crippen LogP contribution is -2.48. The van der Waals surface area contributed by atoms with Crippen molar-refractivity contribution in [2.75, 3.05) is 33.3 Å². The minimum atomic E-state index is -0.191. The molecule has 0 N–H and O–H groups in total. The SMILES string of the molecule is COc1ccc(CC(=O)N2CCN(Cc3cc(=O)c(OCc4cc(C)cc(C)c4)co3)CC2)cc1. The predicted octanol–water partition coefficient (Wildman–Crippen LogP) is 3.73. The molecule has 2 aromatic carbocycles. The Morgan fingerprint density at radius 3 is 2.26 bits per heavy atom. The van der Waals surface area contributed by atoms with Crippen LogP contribution >= 0.6 is 0 Å². The minimum Gasteiger partial charge on any atom is -0.497 e. The quantitative estimate of drug-likeness (QED) is 0.493. The first kappa shape index (κ1) is 24.5. The third kappa shape index (κ3) is 6.73. The van der Waals surface area contributed by atoms with Crippen molar-refractivity contribution in [3.05, 3.63) is 93.0 Å². The number of hydrogen-bond acceptors (Lipinski definition) is 6. The van der Waals surface area contributed by atoms with Crippen molar-refractivity contribution < 1.29 is 18.7 Å². The lowest BCUT2D eigenvalue weighted by molar-refractivity contribution is -0.132. The molecule has 0 saturated carbocycles. The highest BCUT2D eigenvalue weighted by Gasteiger charge is 2.22. The molecule has 7 heteroatoms. The molecular weight excluding hydrogens is 444 g/mol. The van der Waals surface area contributed by atoms with E-state index in [0.29, 0.717) is 38.4 Å². The maximum absolute atomic E-state index is 12.7. The van der Waals surface area contributed by atoms with E-state index < -0.39 is 0 Å². The molecule has 0 aliphatic carbocycles. The Kier molecular flexibility index (Phi) is 7.87. The molecule has 1 aromatic heterocycles. The Bertz CT molecular complexity index is 1190. The maximum atomic E-state index is 12.7. The molecule has 2 heterocycles. The van der Waals surface area contributed by atoms with Crippen molar-refractivity contribution in [3.8, 4) is 11.5 Å². The first-order chi connectivity index (χ1) is 16.9. The zero-order valence-electron chi connectivity index (χ0n) is 20.6. The van der Waals surface area contributed by atoms with E-state index >= 15 is 0 Å². The number of piperazine rings is 1. The number of rotatable bonds is 8. The van der Waals surface area contributed by atoms with E-state index in [2.05, 4.69) is 11.0 Å². The monoisotopic (exact) mass is 476 g/mol. The van der Waals surface area contributed by atoms with Gasteiger partial charge in [0, 0.05) is 32.2 Å². The van der Waals surface area contributed by atoms with E-state index in [0.717, 1.165) is 41.1 Å². The fourth-order valence-electron chi connectivity index (χ4n) is 4.35. The van der Waals surface area contributed by atoms with Gasteiger partial charge in [-0.15, -0.1) is 0 Å². The first-order valence-corrected chi connectivity index (χ1v) is 11.8. The highest BCUT2D eigenvalue weighted by Crippen LogP contribution is 2.16. The van der Waals surface area contributed by atoms with Gasteiger partial charge in [0.05, 0.1) is 20.1 Å². The van der Waals surface area contributed by atoms with Gasteiger partial charge in [-0.3, -0.25) is 14.5 Å². The summed E-state index contributed by atoms with van der Waals surface area (Å²) >= 11 is 0. The Morgan fingerprint density at radius 1 is 0.943 bits per heavy atom. The number of nitrogens with zero attached hydrogens (tertiary/aromatic N) is 2. The average molecular weight is 477 g/mol. The van der Waals surface area contributed by atoms with Gasteiger partial charge in [0.25, 0.3) is 0 Å². The summed E-state index contributed by atoms with van der Waals surface area (Å²) in [4.78, 5) is 29.3. The number of amides is 1. The molecule has 35 heavy (non-hydrogen) atoms. The summed E-state index contributed by atoms with van der Waals surface area (Å²) in [5.41, 5.74) is 4.12. The van der Waals surface area contributed by atoms with Crippen LogP contribution in [0.1, 0.15) is 28.0 Å². The standard InChI is InChI=1S/C28H32N2O5/c1-20-12-21(2)14-23(13-20)18-35-27-19-34-25(16-26(27)31)17-29-8-10-30(11-9-29)28(32)15-22-4-6-24(33-3)7-5-22/h4-7,12-14,16,19H,8-11,15,17-18H2,1-3H3. The summed E-state index contributed by atoms with van der Waals surface area (Å²) in [5.74, 6) is 1.70. The van der Waals surface area contributed by atoms with Crippen LogP contribution in [0.4, 0.5) is 0 Å². The smallest absolute Gasteiger partial charge is 0.227 e. The Hall–Kier alpha value is -3.58. The minimum absolute atomic E-state index is 0.117. The molecule has 0 bridgehead atoms. The van der Waals surface area contributed by atoms with Crippen LogP contribution in [0.2, 0.25) is 0 Å². The van der Waals surface area contributed by atoms with Gasteiger partial charge >= 0.3 is 0 Å². The summed E-state index contributed by atoms with van der Waals surface area (Å²) in [5, 5.41) is 0. The molecule has 1 amide bonds. The Balaban J connectivity index is 1.26. The van der Waals surface area contributed by atoms with E-state index in [1.54, 1.807) is 7.11 Å². The van der Waals surface area contributed by atoms with E-state index in [9.17, 15) is 9.59 Å². The lowest BCUT2D eigenvalue weighted by Gasteiger charge is -2.34. The van der Waals surface area contributed by atoms with Crippen LogP contribution in [0.3, 0.4) is 0 Å². The van der Waals surface area contributed by atoms with Crippen LogP contribution in [-0.4, -0.2) is 49.0 Å². The van der Waals surface area contributed by atoms with Gasteiger partial charge in [-0.25, -0.2) is 0 Å². The summed E-state index contributed by atoms with van der Waals surface area (Å²) in [6.45, 7) is 7.66. The summed E-state index contributed by atoms with van der Waals surface area (Å²) < 4.78 is 16.6. The largest absolute Gasteiger partial charge is 0.497 e. The van der Waals surface area contributed by atoms with E-state index in [-0.39, 0.29) is 17.1 Å². The zero-order chi connectivity index (χ0) is 24.8. The van der Waals surface area contributed by atoms with Gasteiger partial charge in [-0.05, 0) is 37.1 Å². The molecule has 184 valence electrons. The van der Waals surface area contributed by atoms with Crippen LogP contribution < -0.4 is 14.9 Å². The van der Waals surface area contributed by atoms with E-state index in [4.69, 9.17) is 13.9 Å². The second kappa shape index (κ2) is 11.2. The van der Waals surface area contributed by atoms with Crippen LogP contribution in [0.15, 0.2) is 64.0 Å². The van der Waals surface area contributed by atoms with Crippen LogP contribution in [0, 0.1) is 13.8 Å². The predicted molar refractivity (Wildman–Crippen MR) is 134 cm³/mol. The molecule has 0 atom stereocenters. The van der Waals surface area contributed by atoms with Crippen molar-refractivity contribution in [1.29, 1.82) is 0 Å². The summed E-state index contributed by atoms with van der Waals surface area (Å²) in [6.07, 6.45) is 1.78. The molecule has 0 radical (unpaired) electrons. The summed E-state index contributed by atoms with van der Waals surface area (Å²) in [7, 11) is 1.63. The average Bonchev–Trinajstić information content (AvgIpc) is 2.84. The third-order valence-electron chi connectivity index (χ3n) is 6.15. The van der Waals surface area contributed by atoms with Crippen molar-refractivity contribution in [1.82, 2.24) is 9.80 Å². The fraction of sp³-hybridized carbons (Fsp3) is 0.357. The molecular formula is C28H32N2O5. The highest BCUT2D eigenvalue weighted by molar-refractivity contribution is 5.79. The topological polar surface area (TPSA) is 72.2 Å². The maximum Gasteiger partial charge on any atom is 0.227 e. The van der Waals surface area contributed by atoms with Gasteiger partial charge in [-0.1, -0.05) is 41.5 Å². The molecule has 1 aliphatic rings. The van der Waals surface area contributed by atoms with Crippen molar-refractivity contribution in [3.63, 3.8) is 0 Å². The van der Waals surface area contributed by atoms with Crippen molar-refractivity contribution in [2.24, 2.45) is 0 Å². The van der Waals surface area contributed by atoms with Crippen LogP contribution in [0.25, 0.3) is 0 Å². The summed E-state index contributed by atoms with van der Waals surface area (Å²) in [6, 6.07) is 15.3. The van der Waals surface area contributed by atoms with Crippen LogP contribution in [0.5, 0.6) is 11.5 Å². The second-order valence-corrected chi connectivity index (χ2v) is 9.04. The molecule has 0 spiro atoms. The van der Waals surface area contributed by atoms with Gasteiger partial charge < -0.3 is 18.8 Å². The Morgan fingerprint density at radius 2 is 1.63 bits per heavy atom. The van der Waals surface area contributed by atoms with Gasteiger partial charge in [0.1, 0.15) is 24.4 Å². The molecule has 3 aromatic rings. The number of hydrogen-bond donors (Lipinski definition) is 0. The van der Waals surface area contributed by atoms with Crippen molar-refractivity contribution in [2.45, 2.75) is 33.4 Å². The van der Waals surface area contributed by atoms with Gasteiger partial charge in [0.15, 0.2) is 0 Å². The third-order valence-corrected chi connectivity index (χ3v) is 6.15. The molecule has 0 unspecified atom stereocenters. The van der Waals surface area contributed by atoms with E-state index in [1.807, 2.05) is 55.1 Å². The van der Waals surface area contributed by atoms with Crippen LogP contribution in [-0.2, 0) is 24.4 Å². The molecule has 4 rings (SSSR count). The number of ether oxygens (including phenoxy) is 2. The molecule has 1 saturated heterocycles. The highest BCUT2D eigenvalue weighted by atomic mass is 16.5. The van der Waals surface area contributed by atoms with Crippen molar-refractivity contribution >= 4 is 5.91 Å². The molecule has 1 fully saturated rings. The number of carbonyl (C=O) groups is 1.